The molecular formula is C30H28N4O6S2. The molecule has 2 aliphatic rings. The first-order valence-corrected chi connectivity index (χ1v) is 15.7. The molecule has 1 aromatic heterocycles. The number of nitrogens with one attached hydrogen (secondary N) is 2. The molecule has 0 spiro atoms. The number of aromatic nitrogens is 1. The van der Waals surface area contributed by atoms with E-state index in [1.807, 2.05) is 24.3 Å². The summed E-state index contributed by atoms with van der Waals surface area (Å²) in [6.45, 7) is 5.11. The van der Waals surface area contributed by atoms with Crippen LogP contribution in [0.1, 0.15) is 25.6 Å². The maximum atomic E-state index is 13.2. The van der Waals surface area contributed by atoms with Crippen molar-refractivity contribution in [2.45, 2.75) is 16.3 Å². The van der Waals surface area contributed by atoms with Crippen molar-refractivity contribution >= 4 is 38.7 Å². The Morgan fingerprint density at radius 2 is 1.83 bits per heavy atom. The largest absolute Gasteiger partial charge is 0.492 e. The summed E-state index contributed by atoms with van der Waals surface area (Å²) in [7, 11) is -3.94. The molecule has 0 atom stereocenters. The number of carbonyl (C=O) groups is 2. The topological polar surface area (TPSA) is 127 Å². The van der Waals surface area contributed by atoms with Gasteiger partial charge in [0.25, 0.3) is 11.8 Å². The van der Waals surface area contributed by atoms with Crippen LogP contribution in [0.5, 0.6) is 5.75 Å². The van der Waals surface area contributed by atoms with Crippen molar-refractivity contribution in [3.8, 4) is 16.3 Å². The van der Waals surface area contributed by atoms with E-state index >= 15 is 0 Å². The highest BCUT2D eigenvalue weighted by atomic mass is 32.2. The molecule has 0 unspecified atom stereocenters. The van der Waals surface area contributed by atoms with E-state index in [0.29, 0.717) is 6.61 Å². The van der Waals surface area contributed by atoms with Gasteiger partial charge in [-0.1, -0.05) is 12.1 Å². The molecule has 4 aromatic rings. The molecule has 216 valence electrons. The third kappa shape index (κ3) is 5.93. The lowest BCUT2D eigenvalue weighted by atomic mass is 10.1. The number of anilines is 1. The Labute approximate surface area is 247 Å². The lowest BCUT2D eigenvalue weighted by molar-refractivity contribution is 0.0322. The summed E-state index contributed by atoms with van der Waals surface area (Å²) in [5.41, 5.74) is 1.30. The number of hydrogen-bond acceptors (Lipinski definition) is 9. The highest BCUT2D eigenvalue weighted by Gasteiger charge is 2.31. The zero-order valence-electron chi connectivity index (χ0n) is 22.5. The van der Waals surface area contributed by atoms with E-state index in [2.05, 4.69) is 20.5 Å². The fourth-order valence-electron chi connectivity index (χ4n) is 4.80. The molecule has 0 aliphatic carbocycles. The van der Waals surface area contributed by atoms with Gasteiger partial charge in [-0.15, -0.1) is 11.3 Å². The van der Waals surface area contributed by atoms with Crippen LogP contribution in [0.25, 0.3) is 10.6 Å². The standard InChI is InChI=1S/C30H28N4O6S2/c35-28(21-7-10-27-25(17-21)33-29(36)24-3-1-2-4-26(24)42(27,37)38)31-18-23-19-32-30(41-23)20-5-8-22(9-6-20)40-16-13-34-11-14-39-15-12-34/h1-10,17,19H,11-16,18H2,(H,31,35)(H,33,36). The first-order valence-electron chi connectivity index (χ1n) is 13.4. The number of hydrogen-bond donors (Lipinski definition) is 2. The third-order valence-corrected chi connectivity index (χ3v) is 9.98. The Balaban J connectivity index is 1.06. The lowest BCUT2D eigenvalue weighted by Crippen LogP contribution is -2.38. The van der Waals surface area contributed by atoms with E-state index < -0.39 is 21.7 Å². The number of ether oxygens (including phenoxy) is 2. The SMILES string of the molecule is O=C(NCc1cnc(-c2ccc(OCCN3CCOCC3)cc2)s1)c1ccc2c(c1)NC(=O)c1ccccc1S2(=O)=O. The molecule has 2 amide bonds. The maximum Gasteiger partial charge on any atom is 0.257 e. The van der Waals surface area contributed by atoms with Gasteiger partial charge in [-0.05, 0) is 54.6 Å². The summed E-state index contributed by atoms with van der Waals surface area (Å²) in [6.07, 6.45) is 1.72. The van der Waals surface area contributed by atoms with Crippen LogP contribution in [0.3, 0.4) is 0 Å². The normalized spacial score (nSPS) is 16.0. The van der Waals surface area contributed by atoms with E-state index in [0.717, 1.165) is 54.0 Å². The number of morpholine rings is 1. The number of thiazole rings is 1. The van der Waals surface area contributed by atoms with Gasteiger partial charge in [-0.25, -0.2) is 13.4 Å². The number of sulfone groups is 1. The second-order valence-electron chi connectivity index (χ2n) is 9.81. The lowest BCUT2D eigenvalue weighted by Gasteiger charge is -2.26. The molecule has 3 aromatic carbocycles. The quantitative estimate of drug-likeness (QED) is 0.311. The average Bonchev–Trinajstić information content (AvgIpc) is 3.47. The van der Waals surface area contributed by atoms with Crippen molar-refractivity contribution in [3.63, 3.8) is 0 Å². The van der Waals surface area contributed by atoms with Crippen LogP contribution in [0.15, 0.2) is 82.7 Å². The van der Waals surface area contributed by atoms with E-state index in [4.69, 9.17) is 9.47 Å². The van der Waals surface area contributed by atoms with Crippen LogP contribution in [0.4, 0.5) is 5.69 Å². The molecule has 2 aliphatic heterocycles. The van der Waals surface area contributed by atoms with Gasteiger partial charge in [0.05, 0.1) is 40.8 Å². The van der Waals surface area contributed by atoms with Crippen LogP contribution in [0, 0.1) is 0 Å². The van der Waals surface area contributed by atoms with E-state index in [-0.39, 0.29) is 33.2 Å². The van der Waals surface area contributed by atoms with Gasteiger partial charge in [0.15, 0.2) is 0 Å². The Kier molecular flexibility index (Phi) is 8.02. The summed E-state index contributed by atoms with van der Waals surface area (Å²) in [4.78, 5) is 33.2. The van der Waals surface area contributed by atoms with Crippen molar-refractivity contribution in [1.29, 1.82) is 0 Å². The first-order chi connectivity index (χ1) is 20.4. The highest BCUT2D eigenvalue weighted by Crippen LogP contribution is 2.34. The summed E-state index contributed by atoms with van der Waals surface area (Å²) in [5, 5.41) is 6.30. The van der Waals surface area contributed by atoms with Crippen molar-refractivity contribution < 1.29 is 27.5 Å². The zero-order chi connectivity index (χ0) is 29.1. The van der Waals surface area contributed by atoms with E-state index in [9.17, 15) is 18.0 Å². The second-order valence-corrected chi connectivity index (χ2v) is 12.8. The van der Waals surface area contributed by atoms with Crippen LogP contribution < -0.4 is 15.4 Å². The predicted octanol–water partition coefficient (Wildman–Crippen LogP) is 3.85. The minimum atomic E-state index is -3.94. The van der Waals surface area contributed by atoms with Crippen LogP contribution in [-0.2, 0) is 21.1 Å². The zero-order valence-corrected chi connectivity index (χ0v) is 24.2. The molecule has 12 heteroatoms. The van der Waals surface area contributed by atoms with Gasteiger partial charge < -0.3 is 20.1 Å². The molecule has 1 saturated heterocycles. The first kappa shape index (κ1) is 28.0. The third-order valence-electron chi connectivity index (χ3n) is 7.06. The minimum Gasteiger partial charge on any atom is -0.492 e. The summed E-state index contributed by atoms with van der Waals surface area (Å²) >= 11 is 1.46. The predicted molar refractivity (Wildman–Crippen MR) is 158 cm³/mol. The summed E-state index contributed by atoms with van der Waals surface area (Å²) in [6, 6.07) is 18.0. The molecule has 3 heterocycles. The Bertz CT molecular complexity index is 1730. The number of nitrogens with zero attached hydrogens (tertiary/aromatic N) is 2. The fourth-order valence-corrected chi connectivity index (χ4v) is 7.25. The van der Waals surface area contributed by atoms with Crippen LogP contribution >= 0.6 is 11.3 Å². The second kappa shape index (κ2) is 12.0. The molecule has 6 rings (SSSR count). The molecule has 1 fully saturated rings. The highest BCUT2D eigenvalue weighted by molar-refractivity contribution is 7.91. The van der Waals surface area contributed by atoms with Crippen molar-refractivity contribution in [2.24, 2.45) is 0 Å². The summed E-state index contributed by atoms with van der Waals surface area (Å²) < 4.78 is 37.6. The Hall–Kier alpha value is -4.10. The van der Waals surface area contributed by atoms with Crippen molar-refractivity contribution in [3.05, 3.63) is 88.9 Å². The maximum absolute atomic E-state index is 13.2. The van der Waals surface area contributed by atoms with Gasteiger partial charge in [0.1, 0.15) is 17.4 Å². The monoisotopic (exact) mass is 604 g/mol. The fraction of sp³-hybridized carbons (Fsp3) is 0.233. The number of fused-ring (bicyclic) bond motifs is 2. The molecular weight excluding hydrogens is 576 g/mol. The van der Waals surface area contributed by atoms with E-state index in [1.54, 1.807) is 18.3 Å². The molecule has 0 saturated carbocycles. The number of carbonyl (C=O) groups excluding carboxylic acids is 2. The van der Waals surface area contributed by atoms with Gasteiger partial charge >= 0.3 is 0 Å². The Morgan fingerprint density at radius 1 is 1.05 bits per heavy atom. The van der Waals surface area contributed by atoms with Crippen LogP contribution in [0.2, 0.25) is 0 Å². The van der Waals surface area contributed by atoms with Gasteiger partial charge in [0.2, 0.25) is 9.84 Å². The number of rotatable bonds is 8. The number of benzene rings is 3. The molecule has 0 radical (unpaired) electrons. The van der Waals surface area contributed by atoms with E-state index in [1.165, 1.54) is 41.7 Å². The molecule has 42 heavy (non-hydrogen) atoms. The van der Waals surface area contributed by atoms with Crippen LogP contribution in [-0.4, -0.2) is 69.6 Å². The smallest absolute Gasteiger partial charge is 0.257 e. The summed E-state index contributed by atoms with van der Waals surface area (Å²) in [5.74, 6) is -0.153. The van der Waals surface area contributed by atoms with Gasteiger partial charge in [-0.2, -0.15) is 0 Å². The van der Waals surface area contributed by atoms with Crippen molar-refractivity contribution in [1.82, 2.24) is 15.2 Å². The molecule has 10 nitrogen and oxygen atoms in total. The molecule has 2 N–H and O–H groups in total. The van der Waals surface area contributed by atoms with Gasteiger partial charge in [-0.3, -0.25) is 14.5 Å². The van der Waals surface area contributed by atoms with Crippen molar-refractivity contribution in [2.75, 3.05) is 44.8 Å². The average molecular weight is 605 g/mol. The molecule has 0 bridgehead atoms. The number of amides is 2. The minimum absolute atomic E-state index is 0.0574. The van der Waals surface area contributed by atoms with Gasteiger partial charge in [0, 0.05) is 41.8 Å². The Morgan fingerprint density at radius 3 is 2.64 bits per heavy atom.